The second-order valence-corrected chi connectivity index (χ2v) is 8.27. The van der Waals surface area contributed by atoms with Gasteiger partial charge in [-0.1, -0.05) is 19.8 Å². The van der Waals surface area contributed by atoms with Gasteiger partial charge in [-0.3, -0.25) is 9.59 Å². The number of imidazole rings is 1. The zero-order valence-electron chi connectivity index (χ0n) is 15.8. The van der Waals surface area contributed by atoms with E-state index in [0.29, 0.717) is 17.4 Å². The van der Waals surface area contributed by atoms with Gasteiger partial charge in [0.1, 0.15) is 5.69 Å². The van der Waals surface area contributed by atoms with Gasteiger partial charge in [-0.15, -0.1) is 0 Å². The summed E-state index contributed by atoms with van der Waals surface area (Å²) < 4.78 is 2.01. The Kier molecular flexibility index (Phi) is 5.00. The zero-order valence-corrected chi connectivity index (χ0v) is 15.8. The lowest BCUT2D eigenvalue weighted by Gasteiger charge is -2.30. The van der Waals surface area contributed by atoms with Crippen molar-refractivity contribution in [2.75, 3.05) is 13.1 Å². The molecule has 1 aromatic heterocycles. The van der Waals surface area contributed by atoms with Crippen molar-refractivity contribution in [1.29, 1.82) is 0 Å². The summed E-state index contributed by atoms with van der Waals surface area (Å²) in [6.45, 7) is 4.64. The van der Waals surface area contributed by atoms with Crippen LogP contribution in [0.3, 0.4) is 0 Å². The molecule has 0 atom stereocenters. The Balaban J connectivity index is 1.57. The van der Waals surface area contributed by atoms with Crippen LogP contribution in [-0.4, -0.2) is 45.4 Å². The molecule has 2 amide bonds. The Morgan fingerprint density at radius 3 is 2.46 bits per heavy atom. The summed E-state index contributed by atoms with van der Waals surface area (Å²) in [5.74, 6) is 1.04. The quantitative estimate of drug-likeness (QED) is 0.903. The van der Waals surface area contributed by atoms with Gasteiger partial charge in [-0.2, -0.15) is 0 Å². The molecule has 4 rings (SSSR count). The van der Waals surface area contributed by atoms with E-state index >= 15 is 0 Å². The Labute approximate surface area is 155 Å². The second-order valence-electron chi connectivity index (χ2n) is 8.27. The fourth-order valence-electron chi connectivity index (χ4n) is 4.57. The molecule has 0 aromatic carbocycles. The first-order valence-electron chi connectivity index (χ1n) is 10.3. The van der Waals surface area contributed by atoms with Gasteiger partial charge in [0.05, 0.1) is 5.69 Å². The molecule has 6 heteroatoms. The van der Waals surface area contributed by atoms with Gasteiger partial charge in [0.2, 0.25) is 0 Å². The van der Waals surface area contributed by atoms with E-state index < -0.39 is 0 Å². The first kappa shape index (κ1) is 17.6. The van der Waals surface area contributed by atoms with Gasteiger partial charge in [-0.25, -0.2) is 4.98 Å². The fourth-order valence-corrected chi connectivity index (χ4v) is 4.57. The third kappa shape index (κ3) is 3.38. The minimum atomic E-state index is -0.105. The molecule has 0 spiro atoms. The molecule has 0 radical (unpaired) electrons. The number of nitrogens with one attached hydrogen (secondary N) is 1. The van der Waals surface area contributed by atoms with Gasteiger partial charge in [-0.05, 0) is 50.9 Å². The van der Waals surface area contributed by atoms with Gasteiger partial charge < -0.3 is 14.8 Å². The summed E-state index contributed by atoms with van der Waals surface area (Å²) in [6.07, 6.45) is 9.52. The maximum atomic E-state index is 13.1. The molecular formula is C20H30N4O2. The average Bonchev–Trinajstić information content (AvgIpc) is 3.29. The Hall–Kier alpha value is -1.85. The number of hydrogen-bond acceptors (Lipinski definition) is 3. The van der Waals surface area contributed by atoms with Crippen molar-refractivity contribution in [3.8, 4) is 0 Å². The van der Waals surface area contributed by atoms with Crippen molar-refractivity contribution in [1.82, 2.24) is 19.8 Å². The van der Waals surface area contributed by atoms with E-state index in [9.17, 15) is 9.59 Å². The van der Waals surface area contributed by atoms with Gasteiger partial charge in [0, 0.05) is 25.7 Å². The monoisotopic (exact) mass is 358 g/mol. The zero-order chi connectivity index (χ0) is 18.1. The molecule has 6 nitrogen and oxygen atoms in total. The van der Waals surface area contributed by atoms with Crippen LogP contribution in [0, 0.1) is 5.92 Å². The van der Waals surface area contributed by atoms with E-state index in [0.717, 1.165) is 70.3 Å². The lowest BCUT2D eigenvalue weighted by atomic mass is 9.98. The van der Waals surface area contributed by atoms with Crippen molar-refractivity contribution >= 4 is 11.8 Å². The van der Waals surface area contributed by atoms with E-state index in [1.165, 1.54) is 12.8 Å². The highest BCUT2D eigenvalue weighted by Crippen LogP contribution is 2.25. The summed E-state index contributed by atoms with van der Waals surface area (Å²) in [4.78, 5) is 32.4. The molecule has 2 fully saturated rings. The molecule has 1 aromatic rings. The number of amides is 2. The third-order valence-electron chi connectivity index (χ3n) is 6.28. The van der Waals surface area contributed by atoms with E-state index in [1.807, 2.05) is 9.47 Å². The Morgan fingerprint density at radius 2 is 1.73 bits per heavy atom. The standard InChI is InChI=1S/C20H30N4O2/c1-14-9-12-23(13-10-14)20(26)17-16-8-4-5-11-24(16)18(22-17)19(25)21-15-6-2-3-7-15/h14-15H,2-13H2,1H3,(H,21,25). The third-order valence-corrected chi connectivity index (χ3v) is 6.28. The number of rotatable bonds is 3. The van der Waals surface area contributed by atoms with Crippen molar-refractivity contribution in [2.24, 2.45) is 5.92 Å². The molecule has 3 aliphatic rings. The Morgan fingerprint density at radius 1 is 1.00 bits per heavy atom. The van der Waals surface area contributed by atoms with E-state index in [2.05, 4.69) is 17.2 Å². The highest BCUT2D eigenvalue weighted by Gasteiger charge is 2.31. The number of nitrogens with zero attached hydrogens (tertiary/aromatic N) is 3. The predicted molar refractivity (Wildman–Crippen MR) is 99.2 cm³/mol. The van der Waals surface area contributed by atoms with Crippen molar-refractivity contribution in [3.63, 3.8) is 0 Å². The van der Waals surface area contributed by atoms with Crippen LogP contribution in [0.4, 0.5) is 0 Å². The first-order chi connectivity index (χ1) is 12.6. The van der Waals surface area contributed by atoms with Gasteiger partial charge in [0.15, 0.2) is 5.82 Å². The maximum absolute atomic E-state index is 13.1. The summed E-state index contributed by atoms with van der Waals surface area (Å²) >= 11 is 0. The van der Waals surface area contributed by atoms with Crippen LogP contribution < -0.4 is 5.32 Å². The second kappa shape index (κ2) is 7.41. The normalized spacial score (nSPS) is 21.7. The molecule has 1 N–H and O–H groups in total. The molecule has 1 saturated heterocycles. The average molecular weight is 358 g/mol. The van der Waals surface area contributed by atoms with Crippen molar-refractivity contribution in [2.45, 2.75) is 77.3 Å². The highest BCUT2D eigenvalue weighted by molar-refractivity contribution is 5.97. The lowest BCUT2D eigenvalue weighted by molar-refractivity contribution is 0.0690. The minimum Gasteiger partial charge on any atom is -0.347 e. The number of likely N-dealkylation sites (tertiary alicyclic amines) is 1. The highest BCUT2D eigenvalue weighted by atomic mass is 16.2. The number of aromatic nitrogens is 2. The maximum Gasteiger partial charge on any atom is 0.287 e. The van der Waals surface area contributed by atoms with Crippen molar-refractivity contribution < 1.29 is 9.59 Å². The van der Waals surface area contributed by atoms with Crippen LogP contribution in [0.15, 0.2) is 0 Å². The Bertz CT molecular complexity index is 682. The predicted octanol–water partition coefficient (Wildman–Crippen LogP) is 2.76. The number of carbonyl (C=O) groups is 2. The summed E-state index contributed by atoms with van der Waals surface area (Å²) in [5.41, 5.74) is 1.49. The van der Waals surface area contributed by atoms with Gasteiger partial charge in [0.25, 0.3) is 11.8 Å². The minimum absolute atomic E-state index is 0.0162. The topological polar surface area (TPSA) is 67.2 Å². The molecule has 26 heavy (non-hydrogen) atoms. The first-order valence-corrected chi connectivity index (χ1v) is 10.3. The number of piperidine rings is 1. The molecule has 2 aliphatic heterocycles. The number of carbonyl (C=O) groups excluding carboxylic acids is 2. The van der Waals surface area contributed by atoms with Crippen LogP contribution in [0.2, 0.25) is 0 Å². The largest absolute Gasteiger partial charge is 0.347 e. The van der Waals surface area contributed by atoms with Crippen LogP contribution >= 0.6 is 0 Å². The van der Waals surface area contributed by atoms with Crippen LogP contribution in [-0.2, 0) is 13.0 Å². The molecule has 142 valence electrons. The number of hydrogen-bond donors (Lipinski definition) is 1. The van der Waals surface area contributed by atoms with Crippen LogP contribution in [0.25, 0.3) is 0 Å². The number of fused-ring (bicyclic) bond motifs is 1. The molecule has 0 bridgehead atoms. The summed E-state index contributed by atoms with van der Waals surface area (Å²) in [6, 6.07) is 0.266. The molecule has 0 unspecified atom stereocenters. The molecular weight excluding hydrogens is 328 g/mol. The smallest absolute Gasteiger partial charge is 0.287 e. The van der Waals surface area contributed by atoms with Crippen LogP contribution in [0.5, 0.6) is 0 Å². The van der Waals surface area contributed by atoms with Crippen LogP contribution in [0.1, 0.15) is 85.1 Å². The summed E-state index contributed by atoms with van der Waals surface area (Å²) in [7, 11) is 0. The van der Waals surface area contributed by atoms with Gasteiger partial charge >= 0.3 is 0 Å². The fraction of sp³-hybridized carbons (Fsp3) is 0.750. The SMILES string of the molecule is CC1CCN(C(=O)c2nc(C(=O)NC3CCCC3)n3c2CCCC3)CC1. The molecule has 3 heterocycles. The van der Waals surface area contributed by atoms with Crippen molar-refractivity contribution in [3.05, 3.63) is 17.2 Å². The van der Waals surface area contributed by atoms with E-state index in [-0.39, 0.29) is 17.9 Å². The molecule has 1 saturated carbocycles. The molecule has 1 aliphatic carbocycles. The lowest BCUT2D eigenvalue weighted by Crippen LogP contribution is -2.38. The van der Waals surface area contributed by atoms with E-state index in [1.54, 1.807) is 0 Å². The summed E-state index contributed by atoms with van der Waals surface area (Å²) in [5, 5.41) is 3.14. The van der Waals surface area contributed by atoms with E-state index in [4.69, 9.17) is 0 Å².